The van der Waals surface area contributed by atoms with E-state index < -0.39 is 0 Å². The lowest BCUT2D eigenvalue weighted by molar-refractivity contribution is -0.127. The molecule has 2 fully saturated rings. The second-order valence-corrected chi connectivity index (χ2v) is 7.02. The molecule has 0 aromatic carbocycles. The Bertz CT molecular complexity index is 532. The van der Waals surface area contributed by atoms with Crippen molar-refractivity contribution >= 4 is 11.8 Å². The van der Waals surface area contributed by atoms with Gasteiger partial charge in [0.25, 0.3) is 5.91 Å². The van der Waals surface area contributed by atoms with E-state index in [2.05, 4.69) is 12.2 Å². The van der Waals surface area contributed by atoms with E-state index in [1.807, 2.05) is 0 Å². The molecule has 2 atom stereocenters. The van der Waals surface area contributed by atoms with Gasteiger partial charge >= 0.3 is 0 Å². The molecule has 2 heterocycles. The Morgan fingerprint density at radius 1 is 1.22 bits per heavy atom. The first-order chi connectivity index (χ1) is 11.1. The molecule has 1 N–H and O–H groups in total. The minimum Gasteiger partial charge on any atom is -0.459 e. The van der Waals surface area contributed by atoms with Crippen molar-refractivity contribution in [3.8, 4) is 0 Å². The van der Waals surface area contributed by atoms with E-state index in [1.54, 1.807) is 17.0 Å². The van der Waals surface area contributed by atoms with Crippen molar-refractivity contribution in [2.24, 2.45) is 11.8 Å². The third-order valence-corrected chi connectivity index (χ3v) is 5.17. The van der Waals surface area contributed by atoms with Crippen LogP contribution in [0.1, 0.15) is 56.0 Å². The Labute approximate surface area is 137 Å². The lowest BCUT2D eigenvalue weighted by Gasteiger charge is -2.33. The molecule has 1 saturated carbocycles. The second kappa shape index (κ2) is 7.20. The summed E-state index contributed by atoms with van der Waals surface area (Å²) in [5.41, 5.74) is 0. The molecule has 2 unspecified atom stereocenters. The van der Waals surface area contributed by atoms with Gasteiger partial charge < -0.3 is 14.6 Å². The van der Waals surface area contributed by atoms with Gasteiger partial charge in [0.1, 0.15) is 0 Å². The minimum atomic E-state index is -0.0741. The molecule has 1 aromatic rings. The van der Waals surface area contributed by atoms with Crippen LogP contribution in [0.2, 0.25) is 0 Å². The molecule has 2 aliphatic rings. The summed E-state index contributed by atoms with van der Waals surface area (Å²) in [6.07, 6.45) is 7.68. The number of rotatable bonds is 3. The molecule has 5 heteroatoms. The monoisotopic (exact) mass is 318 g/mol. The number of piperidine rings is 1. The maximum absolute atomic E-state index is 12.4. The van der Waals surface area contributed by atoms with E-state index in [9.17, 15) is 9.59 Å². The highest BCUT2D eigenvalue weighted by Crippen LogP contribution is 2.25. The van der Waals surface area contributed by atoms with E-state index in [0.29, 0.717) is 30.8 Å². The zero-order valence-corrected chi connectivity index (χ0v) is 13.8. The molecule has 23 heavy (non-hydrogen) atoms. The first-order valence-corrected chi connectivity index (χ1v) is 8.76. The number of hydrogen-bond acceptors (Lipinski definition) is 3. The highest BCUT2D eigenvalue weighted by Gasteiger charge is 2.30. The lowest BCUT2D eigenvalue weighted by atomic mass is 9.86. The van der Waals surface area contributed by atoms with Gasteiger partial charge in [-0.3, -0.25) is 9.59 Å². The quantitative estimate of drug-likeness (QED) is 0.932. The van der Waals surface area contributed by atoms with Gasteiger partial charge in [-0.2, -0.15) is 0 Å². The van der Waals surface area contributed by atoms with Crippen molar-refractivity contribution in [3.05, 3.63) is 24.2 Å². The average Bonchev–Trinajstić information content (AvgIpc) is 3.09. The van der Waals surface area contributed by atoms with Gasteiger partial charge in [-0.05, 0) is 43.7 Å². The molecule has 0 bridgehead atoms. The van der Waals surface area contributed by atoms with E-state index in [-0.39, 0.29) is 17.7 Å². The lowest BCUT2D eigenvalue weighted by Crippen LogP contribution is -2.46. The summed E-state index contributed by atoms with van der Waals surface area (Å²) in [5, 5.41) is 3.23. The van der Waals surface area contributed by atoms with Gasteiger partial charge in [0.05, 0.1) is 6.26 Å². The van der Waals surface area contributed by atoms with Gasteiger partial charge in [0.2, 0.25) is 5.91 Å². The van der Waals surface area contributed by atoms with Crippen LogP contribution >= 0.6 is 0 Å². The summed E-state index contributed by atoms with van der Waals surface area (Å²) in [6, 6.07) is 3.75. The molecule has 1 aliphatic heterocycles. The summed E-state index contributed by atoms with van der Waals surface area (Å²) in [6.45, 7) is 3.51. The van der Waals surface area contributed by atoms with Crippen LogP contribution in [0.3, 0.4) is 0 Å². The largest absolute Gasteiger partial charge is 0.459 e. The summed E-state index contributed by atoms with van der Waals surface area (Å²) in [5.74, 6) is 1.22. The highest BCUT2D eigenvalue weighted by molar-refractivity contribution is 5.91. The Morgan fingerprint density at radius 3 is 2.65 bits per heavy atom. The molecule has 1 saturated heterocycles. The minimum absolute atomic E-state index is 0.0351. The van der Waals surface area contributed by atoms with Crippen molar-refractivity contribution < 1.29 is 14.0 Å². The zero-order valence-electron chi connectivity index (χ0n) is 13.8. The van der Waals surface area contributed by atoms with Crippen LogP contribution in [0.25, 0.3) is 0 Å². The molecular formula is C18H26N2O3. The summed E-state index contributed by atoms with van der Waals surface area (Å²) < 4.78 is 5.16. The Hall–Kier alpha value is -1.78. The maximum atomic E-state index is 12.4. The van der Waals surface area contributed by atoms with E-state index >= 15 is 0 Å². The predicted molar refractivity (Wildman–Crippen MR) is 86.9 cm³/mol. The van der Waals surface area contributed by atoms with E-state index in [4.69, 9.17) is 4.42 Å². The fourth-order valence-electron chi connectivity index (χ4n) is 3.79. The smallest absolute Gasteiger partial charge is 0.289 e. The molecule has 0 radical (unpaired) electrons. The van der Waals surface area contributed by atoms with Crippen LogP contribution in [0.15, 0.2) is 22.8 Å². The van der Waals surface area contributed by atoms with Gasteiger partial charge in [0.15, 0.2) is 5.76 Å². The van der Waals surface area contributed by atoms with Crippen molar-refractivity contribution in [2.45, 2.75) is 51.5 Å². The Kier molecular flexibility index (Phi) is 5.03. The number of carbonyl (C=O) groups excluding carboxylic acids is 2. The first kappa shape index (κ1) is 16.1. The van der Waals surface area contributed by atoms with Crippen LogP contribution in [0.4, 0.5) is 0 Å². The van der Waals surface area contributed by atoms with Gasteiger partial charge in [0, 0.05) is 25.0 Å². The van der Waals surface area contributed by atoms with Gasteiger partial charge in [-0.25, -0.2) is 0 Å². The van der Waals surface area contributed by atoms with Crippen LogP contribution < -0.4 is 5.32 Å². The SMILES string of the molecule is CC1CCCC(NC(=O)C2CCN(C(=O)c3ccco3)CC2)C1. The fraction of sp³-hybridized carbons (Fsp3) is 0.667. The molecule has 1 aliphatic carbocycles. The topological polar surface area (TPSA) is 62.6 Å². The number of nitrogens with zero attached hydrogens (tertiary/aromatic N) is 1. The molecule has 3 rings (SSSR count). The van der Waals surface area contributed by atoms with E-state index in [0.717, 1.165) is 25.7 Å². The second-order valence-electron chi connectivity index (χ2n) is 7.02. The highest BCUT2D eigenvalue weighted by atomic mass is 16.3. The molecule has 0 spiro atoms. The molecular weight excluding hydrogens is 292 g/mol. The molecule has 5 nitrogen and oxygen atoms in total. The van der Waals surface area contributed by atoms with Crippen molar-refractivity contribution in [2.75, 3.05) is 13.1 Å². The fourth-order valence-corrected chi connectivity index (χ4v) is 3.79. The Balaban J connectivity index is 1.46. The molecule has 126 valence electrons. The van der Waals surface area contributed by atoms with Crippen LogP contribution in [0, 0.1) is 11.8 Å². The summed E-state index contributed by atoms with van der Waals surface area (Å²) in [4.78, 5) is 26.5. The van der Waals surface area contributed by atoms with Gasteiger partial charge in [-0.15, -0.1) is 0 Å². The van der Waals surface area contributed by atoms with E-state index in [1.165, 1.54) is 19.1 Å². The third-order valence-electron chi connectivity index (χ3n) is 5.17. The molecule has 2 amide bonds. The average molecular weight is 318 g/mol. The zero-order chi connectivity index (χ0) is 16.2. The summed E-state index contributed by atoms with van der Waals surface area (Å²) in [7, 11) is 0. The summed E-state index contributed by atoms with van der Waals surface area (Å²) >= 11 is 0. The Morgan fingerprint density at radius 2 is 2.00 bits per heavy atom. The first-order valence-electron chi connectivity index (χ1n) is 8.76. The van der Waals surface area contributed by atoms with Crippen molar-refractivity contribution in [3.63, 3.8) is 0 Å². The van der Waals surface area contributed by atoms with Crippen molar-refractivity contribution in [1.82, 2.24) is 10.2 Å². The predicted octanol–water partition coefficient (Wildman–Crippen LogP) is 2.83. The van der Waals surface area contributed by atoms with Gasteiger partial charge in [-0.1, -0.05) is 19.8 Å². The van der Waals surface area contributed by atoms with Crippen LogP contribution in [-0.2, 0) is 4.79 Å². The maximum Gasteiger partial charge on any atom is 0.289 e. The number of amides is 2. The van der Waals surface area contributed by atoms with Crippen LogP contribution in [0.5, 0.6) is 0 Å². The van der Waals surface area contributed by atoms with Crippen LogP contribution in [-0.4, -0.2) is 35.8 Å². The number of furan rings is 1. The number of likely N-dealkylation sites (tertiary alicyclic amines) is 1. The van der Waals surface area contributed by atoms with Crippen molar-refractivity contribution in [1.29, 1.82) is 0 Å². The third kappa shape index (κ3) is 3.95. The molecule has 1 aromatic heterocycles. The number of nitrogens with one attached hydrogen (secondary N) is 1. The number of carbonyl (C=O) groups is 2. The number of hydrogen-bond donors (Lipinski definition) is 1. The standard InChI is InChI=1S/C18H26N2O3/c1-13-4-2-5-15(12-13)19-17(21)14-7-9-20(10-8-14)18(22)16-6-3-11-23-16/h3,6,11,13-15H,2,4-5,7-10,12H2,1H3,(H,19,21). The normalized spacial score (nSPS) is 26.0.